The maximum absolute atomic E-state index is 4.51. The zero-order valence-corrected chi connectivity index (χ0v) is 12.8. The summed E-state index contributed by atoms with van der Waals surface area (Å²) in [6, 6.07) is 0. The van der Waals surface area contributed by atoms with Gasteiger partial charge < -0.3 is 4.90 Å². The summed E-state index contributed by atoms with van der Waals surface area (Å²) in [5, 5.41) is 4.51. The van der Waals surface area contributed by atoms with Gasteiger partial charge >= 0.3 is 0 Å². The average Bonchev–Trinajstić information content (AvgIpc) is 2.54. The Balaban J connectivity index is 2.48. The molecular weight excluding hydrogens is 404 g/mol. The van der Waals surface area contributed by atoms with Crippen molar-refractivity contribution in [2.75, 3.05) is 11.4 Å². The smallest absolute Gasteiger partial charge is 0.142 e. The minimum atomic E-state index is 0.192. The van der Waals surface area contributed by atoms with Crippen LogP contribution >= 0.6 is 45.2 Å². The molecule has 5 heteroatoms. The van der Waals surface area contributed by atoms with Crippen LogP contribution in [-0.2, 0) is 6.54 Å². The van der Waals surface area contributed by atoms with Crippen molar-refractivity contribution >= 4 is 51.0 Å². The predicted molar refractivity (Wildman–Crippen MR) is 74.8 cm³/mol. The van der Waals surface area contributed by atoms with Crippen LogP contribution in [0.15, 0.2) is 0 Å². The Morgan fingerprint density at radius 3 is 2.43 bits per heavy atom. The van der Waals surface area contributed by atoms with Crippen LogP contribution in [0.1, 0.15) is 20.8 Å². The third-order valence-electron chi connectivity index (χ3n) is 2.43. The van der Waals surface area contributed by atoms with Gasteiger partial charge in [0, 0.05) is 12.1 Å². The number of aromatic nitrogens is 2. The maximum atomic E-state index is 4.51. The molecule has 3 nitrogen and oxygen atoms in total. The van der Waals surface area contributed by atoms with E-state index in [9.17, 15) is 0 Å². The summed E-state index contributed by atoms with van der Waals surface area (Å²) in [5.74, 6) is 1.29. The summed E-state index contributed by atoms with van der Waals surface area (Å²) in [7, 11) is 0. The summed E-state index contributed by atoms with van der Waals surface area (Å²) >= 11 is 4.69. The van der Waals surface area contributed by atoms with Crippen molar-refractivity contribution in [2.24, 2.45) is 0 Å². The second-order valence-corrected chi connectivity index (χ2v) is 6.57. The number of halogens is 2. The molecule has 0 fully saturated rings. The SMILES string of the molecule is CC(C)(C)N1CCn2nc(I)c(I)c21. The lowest BCUT2D eigenvalue weighted by molar-refractivity contribution is 0.515. The summed E-state index contributed by atoms with van der Waals surface area (Å²) < 4.78 is 4.53. The Kier molecular flexibility index (Phi) is 2.74. The Bertz CT molecular complexity index is 365. The van der Waals surface area contributed by atoms with Crippen LogP contribution in [0.2, 0.25) is 0 Å². The van der Waals surface area contributed by atoms with Crippen molar-refractivity contribution in [3.05, 3.63) is 7.27 Å². The molecule has 0 atom stereocenters. The van der Waals surface area contributed by atoms with Gasteiger partial charge in [0.25, 0.3) is 0 Å². The van der Waals surface area contributed by atoms with E-state index in [4.69, 9.17) is 0 Å². The molecule has 14 heavy (non-hydrogen) atoms. The van der Waals surface area contributed by atoms with Crippen molar-refractivity contribution in [2.45, 2.75) is 32.9 Å². The molecular formula is C9H13I2N3. The van der Waals surface area contributed by atoms with E-state index >= 15 is 0 Å². The molecule has 0 N–H and O–H groups in total. The molecule has 2 heterocycles. The van der Waals surface area contributed by atoms with Crippen LogP contribution in [0.4, 0.5) is 5.82 Å². The molecule has 0 saturated carbocycles. The van der Waals surface area contributed by atoms with E-state index in [1.54, 1.807) is 0 Å². The van der Waals surface area contributed by atoms with Crippen molar-refractivity contribution in [3.63, 3.8) is 0 Å². The fourth-order valence-electron chi connectivity index (χ4n) is 1.77. The zero-order valence-electron chi connectivity index (χ0n) is 8.51. The molecule has 0 aliphatic carbocycles. The highest BCUT2D eigenvalue weighted by Crippen LogP contribution is 2.34. The van der Waals surface area contributed by atoms with E-state index in [1.807, 2.05) is 0 Å². The number of nitrogens with zero attached hydrogens (tertiary/aromatic N) is 3. The van der Waals surface area contributed by atoms with Crippen molar-refractivity contribution in [3.8, 4) is 0 Å². The molecule has 1 aromatic heterocycles. The Morgan fingerprint density at radius 1 is 1.21 bits per heavy atom. The molecule has 1 aromatic rings. The molecule has 1 aliphatic heterocycles. The molecule has 0 saturated heterocycles. The molecule has 0 bridgehead atoms. The average molecular weight is 417 g/mol. The highest BCUT2D eigenvalue weighted by atomic mass is 127. The normalized spacial score (nSPS) is 16.2. The highest BCUT2D eigenvalue weighted by molar-refractivity contribution is 14.1. The minimum Gasteiger partial charge on any atom is -0.349 e. The lowest BCUT2D eigenvalue weighted by atomic mass is 10.1. The van der Waals surface area contributed by atoms with Crippen LogP contribution in [0.3, 0.4) is 0 Å². The van der Waals surface area contributed by atoms with Crippen molar-refractivity contribution in [1.82, 2.24) is 9.78 Å². The summed E-state index contributed by atoms with van der Waals surface area (Å²) in [6.45, 7) is 8.85. The Hall–Kier alpha value is 0.470. The van der Waals surface area contributed by atoms with Crippen LogP contribution in [0, 0.1) is 7.27 Å². The van der Waals surface area contributed by atoms with Crippen LogP contribution in [-0.4, -0.2) is 21.9 Å². The van der Waals surface area contributed by atoms with Gasteiger partial charge in [-0.2, -0.15) is 5.10 Å². The first-order chi connectivity index (χ1) is 6.41. The largest absolute Gasteiger partial charge is 0.349 e. The molecule has 0 unspecified atom stereocenters. The van der Waals surface area contributed by atoms with E-state index in [2.05, 4.69) is 80.6 Å². The molecule has 1 aliphatic rings. The number of hydrogen-bond acceptors (Lipinski definition) is 2. The second-order valence-electron chi connectivity index (χ2n) is 4.47. The Labute approximate surface area is 112 Å². The third-order valence-corrected chi connectivity index (χ3v) is 5.21. The van der Waals surface area contributed by atoms with Crippen LogP contribution < -0.4 is 4.90 Å². The van der Waals surface area contributed by atoms with Gasteiger partial charge in [0.1, 0.15) is 9.52 Å². The fourth-order valence-corrected chi connectivity index (χ4v) is 2.95. The van der Waals surface area contributed by atoms with E-state index in [0.717, 1.165) is 16.8 Å². The molecule has 0 aromatic carbocycles. The van der Waals surface area contributed by atoms with Crippen LogP contribution in [0.25, 0.3) is 0 Å². The molecule has 78 valence electrons. The Morgan fingerprint density at radius 2 is 1.86 bits per heavy atom. The van der Waals surface area contributed by atoms with Crippen molar-refractivity contribution < 1.29 is 0 Å². The first-order valence-corrected chi connectivity index (χ1v) is 6.76. The van der Waals surface area contributed by atoms with Gasteiger partial charge in [-0.1, -0.05) is 0 Å². The van der Waals surface area contributed by atoms with Gasteiger partial charge in [0.2, 0.25) is 0 Å². The number of hydrogen-bond donors (Lipinski definition) is 0. The van der Waals surface area contributed by atoms with Crippen molar-refractivity contribution in [1.29, 1.82) is 0 Å². The lowest BCUT2D eigenvalue weighted by Crippen LogP contribution is -2.40. The van der Waals surface area contributed by atoms with Gasteiger partial charge in [-0.3, -0.25) is 0 Å². The summed E-state index contributed by atoms with van der Waals surface area (Å²) in [6.07, 6.45) is 0. The first-order valence-electron chi connectivity index (χ1n) is 4.60. The second kappa shape index (κ2) is 3.50. The number of fused-ring (bicyclic) bond motifs is 1. The maximum Gasteiger partial charge on any atom is 0.142 e. The van der Waals surface area contributed by atoms with E-state index in [0.29, 0.717) is 0 Å². The van der Waals surface area contributed by atoms with Gasteiger partial charge in [-0.25, -0.2) is 4.68 Å². The van der Waals surface area contributed by atoms with Crippen LogP contribution in [0.5, 0.6) is 0 Å². The van der Waals surface area contributed by atoms with Gasteiger partial charge in [-0.05, 0) is 66.0 Å². The fraction of sp³-hybridized carbons (Fsp3) is 0.667. The van der Waals surface area contributed by atoms with Gasteiger partial charge in [0.05, 0.1) is 10.1 Å². The molecule has 0 radical (unpaired) electrons. The molecule has 0 spiro atoms. The predicted octanol–water partition coefficient (Wildman–Crippen LogP) is 2.71. The highest BCUT2D eigenvalue weighted by Gasteiger charge is 2.32. The number of rotatable bonds is 0. The summed E-state index contributed by atoms with van der Waals surface area (Å²) in [4.78, 5) is 2.43. The molecule has 0 amide bonds. The quantitative estimate of drug-likeness (QED) is 0.606. The van der Waals surface area contributed by atoms with Gasteiger partial charge in [-0.15, -0.1) is 0 Å². The zero-order chi connectivity index (χ0) is 10.5. The first kappa shape index (κ1) is 11.0. The monoisotopic (exact) mass is 417 g/mol. The lowest BCUT2D eigenvalue weighted by Gasteiger charge is -2.33. The topological polar surface area (TPSA) is 21.1 Å². The third kappa shape index (κ3) is 1.66. The van der Waals surface area contributed by atoms with E-state index in [1.165, 1.54) is 9.39 Å². The summed E-state index contributed by atoms with van der Waals surface area (Å²) in [5.41, 5.74) is 0.192. The van der Waals surface area contributed by atoms with Gasteiger partial charge in [0.15, 0.2) is 0 Å². The van der Waals surface area contributed by atoms with E-state index in [-0.39, 0.29) is 5.54 Å². The standard InChI is InChI=1S/C9H13I2N3/c1-9(2,3)13-4-5-14-8(13)6(10)7(11)12-14/h4-5H2,1-3H3. The van der Waals surface area contributed by atoms with E-state index < -0.39 is 0 Å². The molecule has 2 rings (SSSR count). The number of anilines is 1. The minimum absolute atomic E-state index is 0.192.